The van der Waals surface area contributed by atoms with E-state index < -0.39 is 0 Å². The van der Waals surface area contributed by atoms with Crippen molar-refractivity contribution >= 4 is 29.9 Å². The smallest absolute Gasteiger partial charge is 0.191 e. The van der Waals surface area contributed by atoms with Gasteiger partial charge in [-0.15, -0.1) is 24.0 Å². The van der Waals surface area contributed by atoms with Crippen LogP contribution < -0.4 is 24.8 Å². The Bertz CT molecular complexity index is 831. The first kappa shape index (κ1) is 27.8. The van der Waals surface area contributed by atoms with Crippen molar-refractivity contribution in [2.45, 2.75) is 19.9 Å². The van der Waals surface area contributed by atoms with E-state index in [1.807, 2.05) is 44.4 Å². The molecule has 0 aromatic heterocycles. The maximum absolute atomic E-state index is 5.82. The summed E-state index contributed by atoms with van der Waals surface area (Å²) in [6, 6.07) is 14.1. The van der Waals surface area contributed by atoms with E-state index >= 15 is 0 Å². The zero-order valence-corrected chi connectivity index (χ0v) is 22.1. The highest BCUT2D eigenvalue weighted by Gasteiger charge is 2.05. The van der Waals surface area contributed by atoms with Crippen molar-refractivity contribution in [1.82, 2.24) is 15.5 Å². The molecule has 32 heavy (non-hydrogen) atoms. The van der Waals surface area contributed by atoms with E-state index in [1.165, 1.54) is 5.56 Å². The predicted molar refractivity (Wildman–Crippen MR) is 142 cm³/mol. The van der Waals surface area contributed by atoms with Crippen LogP contribution in [0.3, 0.4) is 0 Å². The molecule has 0 radical (unpaired) electrons. The highest BCUT2D eigenvalue weighted by atomic mass is 127. The number of ether oxygens (including phenoxy) is 3. The maximum atomic E-state index is 5.82. The zero-order valence-electron chi connectivity index (χ0n) is 19.8. The lowest BCUT2D eigenvalue weighted by Gasteiger charge is -2.13. The van der Waals surface area contributed by atoms with E-state index in [0.29, 0.717) is 13.2 Å². The molecule has 0 amide bonds. The van der Waals surface area contributed by atoms with Crippen LogP contribution in [0.1, 0.15) is 18.1 Å². The topological polar surface area (TPSA) is 67.4 Å². The minimum absolute atomic E-state index is 0. The van der Waals surface area contributed by atoms with Gasteiger partial charge in [-0.05, 0) is 62.8 Å². The number of hydrogen-bond acceptors (Lipinski definition) is 5. The van der Waals surface area contributed by atoms with Crippen LogP contribution in [0.2, 0.25) is 0 Å². The lowest BCUT2D eigenvalue weighted by molar-refractivity contribution is 0.261. The molecule has 2 aromatic carbocycles. The standard InChI is InChI=1S/C24H36N4O3.HI/c1-6-25-24(26-13-12-19-10-11-22(29-4)23(17-19)30-5)27-18-20-8-7-9-21(16-20)31-15-14-28(2)3;/h7-11,16-17H,6,12-15,18H2,1-5H3,(H2,25,26,27);1H. The van der Waals surface area contributed by atoms with Gasteiger partial charge in [-0.2, -0.15) is 0 Å². The van der Waals surface area contributed by atoms with Crippen LogP contribution in [-0.4, -0.2) is 65.4 Å². The van der Waals surface area contributed by atoms with Crippen LogP contribution in [0.5, 0.6) is 17.2 Å². The summed E-state index contributed by atoms with van der Waals surface area (Å²) in [5, 5.41) is 6.70. The zero-order chi connectivity index (χ0) is 22.5. The van der Waals surface area contributed by atoms with Gasteiger partial charge in [-0.1, -0.05) is 18.2 Å². The van der Waals surface area contributed by atoms with Crippen molar-refractivity contribution in [3.05, 3.63) is 53.6 Å². The Morgan fingerprint density at radius 1 is 0.969 bits per heavy atom. The molecule has 178 valence electrons. The molecule has 0 atom stereocenters. The number of likely N-dealkylation sites (N-methyl/N-ethyl adjacent to an activating group) is 1. The molecule has 0 aliphatic heterocycles. The number of aliphatic imine (C=N–C) groups is 1. The summed E-state index contributed by atoms with van der Waals surface area (Å²) in [5.74, 6) is 3.15. The fraction of sp³-hybridized carbons (Fsp3) is 0.458. The van der Waals surface area contributed by atoms with Crippen molar-refractivity contribution < 1.29 is 14.2 Å². The van der Waals surface area contributed by atoms with E-state index in [-0.39, 0.29) is 24.0 Å². The van der Waals surface area contributed by atoms with Gasteiger partial charge in [-0.25, -0.2) is 4.99 Å². The molecule has 0 aliphatic carbocycles. The molecular weight excluding hydrogens is 519 g/mol. The number of hydrogen-bond donors (Lipinski definition) is 2. The molecule has 2 rings (SSSR count). The van der Waals surface area contributed by atoms with Crippen molar-refractivity contribution in [3.63, 3.8) is 0 Å². The quantitative estimate of drug-likeness (QED) is 0.237. The Morgan fingerprint density at radius 2 is 1.75 bits per heavy atom. The molecule has 0 aliphatic rings. The minimum Gasteiger partial charge on any atom is -0.493 e. The van der Waals surface area contributed by atoms with Gasteiger partial charge in [0.15, 0.2) is 17.5 Å². The summed E-state index contributed by atoms with van der Waals surface area (Å²) in [6.07, 6.45) is 0.847. The second kappa shape index (κ2) is 15.6. The second-order valence-corrected chi connectivity index (χ2v) is 7.36. The number of benzene rings is 2. The van der Waals surface area contributed by atoms with Gasteiger partial charge in [-0.3, -0.25) is 0 Å². The van der Waals surface area contributed by atoms with E-state index in [4.69, 9.17) is 19.2 Å². The molecular formula is C24H37IN4O3. The van der Waals surface area contributed by atoms with Crippen LogP contribution in [0, 0.1) is 0 Å². The van der Waals surface area contributed by atoms with Crippen molar-refractivity contribution in [2.24, 2.45) is 4.99 Å². The number of guanidine groups is 1. The fourth-order valence-corrected chi connectivity index (χ4v) is 2.95. The molecule has 2 aromatic rings. The third kappa shape index (κ3) is 9.95. The van der Waals surface area contributed by atoms with Crippen molar-refractivity contribution in [3.8, 4) is 17.2 Å². The fourth-order valence-electron chi connectivity index (χ4n) is 2.95. The van der Waals surface area contributed by atoms with E-state index in [9.17, 15) is 0 Å². The van der Waals surface area contributed by atoms with E-state index in [0.717, 1.165) is 54.8 Å². The first-order chi connectivity index (χ1) is 15.0. The lowest BCUT2D eigenvalue weighted by atomic mass is 10.1. The summed E-state index contributed by atoms with van der Waals surface area (Å²) in [4.78, 5) is 6.81. The van der Waals surface area contributed by atoms with Crippen molar-refractivity contribution in [1.29, 1.82) is 0 Å². The van der Waals surface area contributed by atoms with Gasteiger partial charge in [0, 0.05) is 19.6 Å². The first-order valence-electron chi connectivity index (χ1n) is 10.6. The Morgan fingerprint density at radius 3 is 2.44 bits per heavy atom. The van der Waals surface area contributed by atoms with Crippen LogP contribution >= 0.6 is 24.0 Å². The highest BCUT2D eigenvalue weighted by molar-refractivity contribution is 14.0. The highest BCUT2D eigenvalue weighted by Crippen LogP contribution is 2.27. The SMILES string of the molecule is CCNC(=NCc1cccc(OCCN(C)C)c1)NCCc1ccc(OC)c(OC)c1.I. The average Bonchev–Trinajstić information content (AvgIpc) is 2.77. The maximum Gasteiger partial charge on any atom is 0.191 e. The summed E-state index contributed by atoms with van der Waals surface area (Å²) >= 11 is 0. The Hall–Kier alpha value is -2.20. The molecule has 0 saturated carbocycles. The lowest BCUT2D eigenvalue weighted by Crippen LogP contribution is -2.38. The van der Waals surface area contributed by atoms with Crippen molar-refractivity contribution in [2.75, 3.05) is 54.6 Å². The number of nitrogens with zero attached hydrogens (tertiary/aromatic N) is 2. The Kier molecular flexibility index (Phi) is 13.5. The number of halogens is 1. The summed E-state index contributed by atoms with van der Waals surface area (Å²) in [7, 11) is 7.37. The number of methoxy groups -OCH3 is 2. The molecule has 0 saturated heterocycles. The summed E-state index contributed by atoms with van der Waals surface area (Å²) < 4.78 is 16.5. The number of rotatable bonds is 12. The largest absolute Gasteiger partial charge is 0.493 e. The summed E-state index contributed by atoms with van der Waals surface area (Å²) in [5.41, 5.74) is 2.28. The van der Waals surface area contributed by atoms with Gasteiger partial charge in [0.2, 0.25) is 0 Å². The molecule has 0 spiro atoms. The predicted octanol–water partition coefficient (Wildman–Crippen LogP) is 3.56. The van der Waals surface area contributed by atoms with Crippen LogP contribution in [0.25, 0.3) is 0 Å². The van der Waals surface area contributed by atoms with Crippen LogP contribution in [-0.2, 0) is 13.0 Å². The average molecular weight is 556 g/mol. The molecule has 8 heteroatoms. The molecule has 0 fully saturated rings. The number of nitrogens with one attached hydrogen (secondary N) is 2. The van der Waals surface area contributed by atoms with Gasteiger partial charge in [0.05, 0.1) is 20.8 Å². The van der Waals surface area contributed by atoms with E-state index in [1.54, 1.807) is 14.2 Å². The summed E-state index contributed by atoms with van der Waals surface area (Å²) in [6.45, 7) is 5.75. The minimum atomic E-state index is 0. The van der Waals surface area contributed by atoms with Gasteiger partial charge in [0.1, 0.15) is 12.4 Å². The first-order valence-corrected chi connectivity index (χ1v) is 10.6. The van der Waals surface area contributed by atoms with E-state index in [2.05, 4.69) is 34.6 Å². The molecule has 2 N–H and O–H groups in total. The molecule has 0 unspecified atom stereocenters. The second-order valence-electron chi connectivity index (χ2n) is 7.36. The third-order valence-corrected chi connectivity index (χ3v) is 4.62. The Balaban J connectivity index is 0.00000512. The van der Waals surface area contributed by atoms with Gasteiger partial charge < -0.3 is 29.7 Å². The Labute approximate surface area is 209 Å². The normalized spacial score (nSPS) is 11.0. The van der Waals surface area contributed by atoms with Crippen LogP contribution in [0.4, 0.5) is 0 Å². The molecule has 0 bridgehead atoms. The van der Waals surface area contributed by atoms with Crippen LogP contribution in [0.15, 0.2) is 47.5 Å². The molecule has 0 heterocycles. The third-order valence-electron chi connectivity index (χ3n) is 4.62. The molecule has 7 nitrogen and oxygen atoms in total. The monoisotopic (exact) mass is 556 g/mol. The van der Waals surface area contributed by atoms with Gasteiger partial charge >= 0.3 is 0 Å². The van der Waals surface area contributed by atoms with Gasteiger partial charge in [0.25, 0.3) is 0 Å².